The van der Waals surface area contributed by atoms with E-state index in [4.69, 9.17) is 26.8 Å². The molecule has 0 spiro atoms. The molecular formula is C23H25ClN2O4. The van der Waals surface area contributed by atoms with Crippen molar-refractivity contribution in [2.75, 3.05) is 13.1 Å². The van der Waals surface area contributed by atoms with Crippen LogP contribution in [0, 0.1) is 0 Å². The first-order chi connectivity index (χ1) is 14.5. The molecule has 0 amide bonds. The molecule has 4 rings (SSSR count). The van der Waals surface area contributed by atoms with Crippen LogP contribution in [0.2, 0.25) is 5.02 Å². The van der Waals surface area contributed by atoms with Crippen LogP contribution >= 0.6 is 11.6 Å². The highest BCUT2D eigenvalue weighted by Crippen LogP contribution is 2.37. The van der Waals surface area contributed by atoms with Crippen LogP contribution in [0.25, 0.3) is 5.57 Å². The average Bonchev–Trinajstić information content (AvgIpc) is 2.90. The van der Waals surface area contributed by atoms with Crippen LogP contribution in [-0.4, -0.2) is 40.2 Å². The normalized spacial score (nSPS) is 15.2. The van der Waals surface area contributed by atoms with Gasteiger partial charge >= 0.3 is 11.9 Å². The van der Waals surface area contributed by atoms with E-state index < -0.39 is 11.9 Å². The molecule has 1 aliphatic carbocycles. The van der Waals surface area contributed by atoms with E-state index in [1.54, 1.807) is 0 Å². The number of piperidine rings is 1. The Morgan fingerprint density at radius 2 is 1.63 bits per heavy atom. The van der Waals surface area contributed by atoms with E-state index in [0.29, 0.717) is 0 Å². The summed E-state index contributed by atoms with van der Waals surface area (Å²) < 4.78 is 0. The molecule has 158 valence electrons. The fourth-order valence-corrected chi connectivity index (χ4v) is 4.02. The van der Waals surface area contributed by atoms with Crippen molar-refractivity contribution in [2.24, 2.45) is 0 Å². The number of aryl methyl sites for hydroxylation is 2. The molecule has 2 heterocycles. The molecule has 2 aromatic rings. The van der Waals surface area contributed by atoms with Crippen LogP contribution in [0.4, 0.5) is 0 Å². The highest BCUT2D eigenvalue weighted by Gasteiger charge is 2.23. The van der Waals surface area contributed by atoms with Gasteiger partial charge in [-0.3, -0.25) is 14.6 Å². The van der Waals surface area contributed by atoms with Crippen molar-refractivity contribution in [3.8, 4) is 0 Å². The minimum atomic E-state index is -1.08. The topological polar surface area (TPSA) is 99.5 Å². The molecule has 30 heavy (non-hydrogen) atoms. The first-order valence-corrected chi connectivity index (χ1v) is 10.4. The number of carboxylic acids is 2. The summed E-state index contributed by atoms with van der Waals surface area (Å²) in [4.78, 5) is 24.0. The molecule has 6 nitrogen and oxygen atoms in total. The number of hydrogen-bond acceptors (Lipinski definition) is 4. The lowest BCUT2D eigenvalue weighted by Gasteiger charge is -2.21. The SMILES string of the molecule is Clc1ccc2c(c1)CCc1cccnc1C2=C1CCNCC1.O=C(O)CCC(=O)O. The molecule has 1 aromatic heterocycles. The number of pyridine rings is 1. The smallest absolute Gasteiger partial charge is 0.303 e. The van der Waals surface area contributed by atoms with Crippen molar-refractivity contribution in [1.29, 1.82) is 0 Å². The standard InChI is InChI=1S/C19H19ClN2.C4H6O4/c20-16-5-6-17-15(12-16)4-3-14-2-1-9-22-19(14)18(17)13-7-10-21-11-8-13;5-3(6)1-2-4(7)8/h1-2,5-6,9,12,21H,3-4,7-8,10-11H2;1-2H2,(H,5,6)(H,7,8). The molecule has 1 aromatic carbocycles. The predicted molar refractivity (Wildman–Crippen MR) is 116 cm³/mol. The van der Waals surface area contributed by atoms with Gasteiger partial charge in [0, 0.05) is 16.8 Å². The van der Waals surface area contributed by atoms with E-state index in [1.807, 2.05) is 18.3 Å². The van der Waals surface area contributed by atoms with Gasteiger partial charge in [0.25, 0.3) is 0 Å². The van der Waals surface area contributed by atoms with Gasteiger partial charge in [-0.05, 0) is 73.7 Å². The maximum atomic E-state index is 9.64. The average molecular weight is 429 g/mol. The van der Waals surface area contributed by atoms with E-state index in [-0.39, 0.29) is 12.8 Å². The number of nitrogens with zero attached hydrogens (tertiary/aromatic N) is 1. The fraction of sp³-hybridized carbons (Fsp3) is 0.348. The molecule has 0 atom stereocenters. The third-order valence-corrected chi connectivity index (χ3v) is 5.48. The Balaban J connectivity index is 0.000000275. The summed E-state index contributed by atoms with van der Waals surface area (Å²) >= 11 is 6.23. The summed E-state index contributed by atoms with van der Waals surface area (Å²) in [5, 5.41) is 20.1. The van der Waals surface area contributed by atoms with Crippen molar-refractivity contribution in [2.45, 2.75) is 38.5 Å². The monoisotopic (exact) mass is 428 g/mol. The lowest BCUT2D eigenvalue weighted by Crippen LogP contribution is -2.24. The van der Waals surface area contributed by atoms with Crippen LogP contribution in [0.3, 0.4) is 0 Å². The largest absolute Gasteiger partial charge is 0.481 e. The van der Waals surface area contributed by atoms with E-state index in [0.717, 1.165) is 43.8 Å². The second kappa shape index (κ2) is 10.4. The van der Waals surface area contributed by atoms with Gasteiger partial charge in [-0.15, -0.1) is 0 Å². The van der Waals surface area contributed by atoms with E-state index >= 15 is 0 Å². The Labute approximate surface area is 180 Å². The van der Waals surface area contributed by atoms with E-state index in [9.17, 15) is 9.59 Å². The highest BCUT2D eigenvalue weighted by molar-refractivity contribution is 6.30. The van der Waals surface area contributed by atoms with Gasteiger partial charge in [0.05, 0.1) is 18.5 Å². The molecule has 1 saturated heterocycles. The van der Waals surface area contributed by atoms with Crippen molar-refractivity contribution in [1.82, 2.24) is 10.3 Å². The number of aliphatic carboxylic acids is 2. The van der Waals surface area contributed by atoms with Crippen molar-refractivity contribution in [3.63, 3.8) is 0 Å². The summed E-state index contributed by atoms with van der Waals surface area (Å²) in [7, 11) is 0. The van der Waals surface area contributed by atoms with Crippen molar-refractivity contribution in [3.05, 3.63) is 69.5 Å². The molecule has 0 saturated carbocycles. The van der Waals surface area contributed by atoms with Crippen molar-refractivity contribution >= 4 is 29.1 Å². The number of aromatic nitrogens is 1. The third-order valence-electron chi connectivity index (χ3n) is 5.24. The Bertz CT molecular complexity index is 949. The highest BCUT2D eigenvalue weighted by atomic mass is 35.5. The van der Waals surface area contributed by atoms with E-state index in [2.05, 4.69) is 23.5 Å². The van der Waals surface area contributed by atoms with Gasteiger partial charge in [0.15, 0.2) is 0 Å². The number of halogens is 1. The Morgan fingerprint density at radius 1 is 0.967 bits per heavy atom. The summed E-state index contributed by atoms with van der Waals surface area (Å²) in [6, 6.07) is 10.6. The van der Waals surface area contributed by atoms with Gasteiger partial charge in [0.1, 0.15) is 0 Å². The molecule has 2 aliphatic rings. The lowest BCUT2D eigenvalue weighted by atomic mass is 9.89. The number of nitrogens with one attached hydrogen (secondary N) is 1. The maximum absolute atomic E-state index is 9.64. The number of benzene rings is 1. The van der Waals surface area contributed by atoms with Crippen LogP contribution in [-0.2, 0) is 22.4 Å². The predicted octanol–water partition coefficient (Wildman–Crippen LogP) is 3.95. The molecule has 7 heteroatoms. The summed E-state index contributed by atoms with van der Waals surface area (Å²) in [5.74, 6) is -2.15. The molecular weight excluding hydrogens is 404 g/mol. The molecule has 1 fully saturated rings. The maximum Gasteiger partial charge on any atom is 0.303 e. The molecule has 0 unspecified atom stereocenters. The first-order valence-electron chi connectivity index (χ1n) is 10.0. The van der Waals surface area contributed by atoms with Gasteiger partial charge in [-0.1, -0.05) is 29.3 Å². The number of rotatable bonds is 3. The Morgan fingerprint density at radius 3 is 2.30 bits per heavy atom. The van der Waals surface area contributed by atoms with Crippen LogP contribution < -0.4 is 5.32 Å². The van der Waals surface area contributed by atoms with Crippen LogP contribution in [0.5, 0.6) is 0 Å². The quantitative estimate of drug-likeness (QED) is 0.684. The molecule has 3 N–H and O–H groups in total. The number of hydrogen-bond donors (Lipinski definition) is 3. The second-order valence-electron chi connectivity index (χ2n) is 7.33. The van der Waals surface area contributed by atoms with Gasteiger partial charge in [-0.2, -0.15) is 0 Å². The minimum absolute atomic E-state index is 0.296. The minimum Gasteiger partial charge on any atom is -0.481 e. The first kappa shape index (κ1) is 22.0. The fourth-order valence-electron chi connectivity index (χ4n) is 3.83. The zero-order chi connectivity index (χ0) is 21.5. The zero-order valence-corrected chi connectivity index (χ0v) is 17.4. The summed E-state index contributed by atoms with van der Waals surface area (Å²) in [6.07, 6.45) is 5.60. The van der Waals surface area contributed by atoms with Crippen molar-refractivity contribution < 1.29 is 19.8 Å². The van der Waals surface area contributed by atoms with Gasteiger partial charge in [0.2, 0.25) is 0 Å². The lowest BCUT2D eigenvalue weighted by molar-refractivity contribution is -0.143. The second-order valence-corrected chi connectivity index (χ2v) is 7.77. The molecule has 1 aliphatic heterocycles. The number of carbonyl (C=O) groups is 2. The zero-order valence-electron chi connectivity index (χ0n) is 16.7. The molecule has 0 bridgehead atoms. The Kier molecular flexibility index (Phi) is 7.60. The summed E-state index contributed by atoms with van der Waals surface area (Å²) in [6.45, 7) is 2.12. The van der Waals surface area contributed by atoms with Gasteiger partial charge < -0.3 is 15.5 Å². The van der Waals surface area contributed by atoms with Crippen LogP contribution in [0.15, 0.2) is 42.1 Å². The third kappa shape index (κ3) is 5.68. The molecule has 0 radical (unpaired) electrons. The summed E-state index contributed by atoms with van der Waals surface area (Å²) in [5.41, 5.74) is 8.12. The van der Waals surface area contributed by atoms with Crippen LogP contribution in [0.1, 0.15) is 48.1 Å². The number of fused-ring (bicyclic) bond motifs is 2. The Hall–Kier alpha value is -2.70. The number of carboxylic acid groups (broad SMARTS) is 2. The van der Waals surface area contributed by atoms with E-state index in [1.165, 1.54) is 33.5 Å². The van der Waals surface area contributed by atoms with Gasteiger partial charge in [-0.25, -0.2) is 0 Å².